The largest absolute Gasteiger partial charge is 0.494 e. The van der Waals surface area contributed by atoms with Crippen molar-refractivity contribution in [2.45, 2.75) is 32.2 Å². The number of thiazole rings is 1. The first-order chi connectivity index (χ1) is 12.2. The number of ether oxygens (including phenoxy) is 1. The van der Waals surface area contributed by atoms with Crippen LogP contribution in [0.5, 0.6) is 5.75 Å². The van der Waals surface area contributed by atoms with Crippen LogP contribution in [0, 0.1) is 0 Å². The van der Waals surface area contributed by atoms with Gasteiger partial charge in [-0.1, -0.05) is 0 Å². The molecule has 27 heavy (non-hydrogen) atoms. The first-order valence-corrected chi connectivity index (χ1v) is 9.70. The summed E-state index contributed by atoms with van der Waals surface area (Å²) in [6.07, 6.45) is 2.58. The van der Waals surface area contributed by atoms with E-state index in [1.807, 2.05) is 48.5 Å². The number of nitrogens with zero attached hydrogens (tertiary/aromatic N) is 2. The van der Waals surface area contributed by atoms with Crippen LogP contribution in [-0.4, -0.2) is 48.6 Å². The SMILES string of the molecule is CCOc1ccc(-c2nc(CC(=O)N3CCCC(NC)C3)cs2)cc1.Cl.Cl. The van der Waals surface area contributed by atoms with Gasteiger partial charge < -0.3 is 15.0 Å². The molecule has 1 aromatic heterocycles. The number of hydrogen-bond donors (Lipinski definition) is 1. The monoisotopic (exact) mass is 431 g/mol. The van der Waals surface area contributed by atoms with Crippen molar-refractivity contribution in [2.75, 3.05) is 26.7 Å². The summed E-state index contributed by atoms with van der Waals surface area (Å²) in [4.78, 5) is 19.1. The maximum atomic E-state index is 12.5. The lowest BCUT2D eigenvalue weighted by Crippen LogP contribution is -2.47. The first kappa shape index (κ1) is 23.7. The van der Waals surface area contributed by atoms with Gasteiger partial charge in [-0.15, -0.1) is 36.2 Å². The third-order valence-corrected chi connectivity index (χ3v) is 5.42. The van der Waals surface area contributed by atoms with Gasteiger partial charge in [-0.25, -0.2) is 4.98 Å². The number of carbonyl (C=O) groups excluding carboxylic acids is 1. The normalized spacial score (nSPS) is 16.2. The molecule has 0 aliphatic carbocycles. The van der Waals surface area contributed by atoms with E-state index in [0.717, 1.165) is 47.9 Å². The second-order valence-corrected chi connectivity index (χ2v) is 7.10. The van der Waals surface area contributed by atoms with Crippen molar-refractivity contribution >= 4 is 42.1 Å². The highest BCUT2D eigenvalue weighted by Gasteiger charge is 2.23. The minimum atomic E-state index is 0. The summed E-state index contributed by atoms with van der Waals surface area (Å²) in [6.45, 7) is 4.28. The summed E-state index contributed by atoms with van der Waals surface area (Å²) in [5, 5.41) is 6.21. The summed E-state index contributed by atoms with van der Waals surface area (Å²) in [6, 6.07) is 8.34. The molecule has 1 fully saturated rings. The van der Waals surface area contributed by atoms with Crippen molar-refractivity contribution in [3.05, 3.63) is 35.3 Å². The van der Waals surface area contributed by atoms with Gasteiger partial charge in [0.2, 0.25) is 5.91 Å². The topological polar surface area (TPSA) is 54.5 Å². The van der Waals surface area contributed by atoms with Crippen LogP contribution in [-0.2, 0) is 11.2 Å². The molecule has 5 nitrogen and oxygen atoms in total. The van der Waals surface area contributed by atoms with Crippen molar-refractivity contribution in [1.82, 2.24) is 15.2 Å². The van der Waals surface area contributed by atoms with Crippen LogP contribution in [0.25, 0.3) is 10.6 Å². The van der Waals surface area contributed by atoms with Crippen LogP contribution in [0.15, 0.2) is 29.6 Å². The van der Waals surface area contributed by atoms with Crippen LogP contribution >= 0.6 is 36.2 Å². The summed E-state index contributed by atoms with van der Waals surface area (Å²) >= 11 is 1.58. The van der Waals surface area contributed by atoms with Gasteiger partial charge in [0.25, 0.3) is 0 Å². The van der Waals surface area contributed by atoms with E-state index in [4.69, 9.17) is 4.74 Å². The van der Waals surface area contributed by atoms with E-state index >= 15 is 0 Å². The Balaban J connectivity index is 0.00000182. The number of carbonyl (C=O) groups is 1. The fraction of sp³-hybridized carbons (Fsp3) is 0.474. The molecule has 0 radical (unpaired) electrons. The summed E-state index contributed by atoms with van der Waals surface area (Å²) in [5.41, 5.74) is 1.91. The van der Waals surface area contributed by atoms with E-state index < -0.39 is 0 Å². The molecule has 1 aliphatic rings. The Morgan fingerprint density at radius 3 is 2.74 bits per heavy atom. The third kappa shape index (κ3) is 6.35. The predicted molar refractivity (Wildman–Crippen MR) is 116 cm³/mol. The number of aromatic nitrogens is 1. The average Bonchev–Trinajstić information content (AvgIpc) is 3.11. The lowest BCUT2D eigenvalue weighted by atomic mass is 10.1. The zero-order valence-corrected chi connectivity index (χ0v) is 18.1. The molecule has 2 aromatic rings. The Morgan fingerprint density at radius 2 is 2.07 bits per heavy atom. The van der Waals surface area contributed by atoms with Crippen molar-refractivity contribution in [1.29, 1.82) is 0 Å². The van der Waals surface area contributed by atoms with Gasteiger partial charge in [-0.3, -0.25) is 4.79 Å². The summed E-state index contributed by atoms with van der Waals surface area (Å²) < 4.78 is 5.47. The molecule has 1 unspecified atom stereocenters. The highest BCUT2D eigenvalue weighted by molar-refractivity contribution is 7.13. The molecule has 1 atom stereocenters. The minimum Gasteiger partial charge on any atom is -0.494 e. The highest BCUT2D eigenvalue weighted by atomic mass is 35.5. The molecular formula is C19H27Cl2N3O2S. The summed E-state index contributed by atoms with van der Waals surface area (Å²) in [7, 11) is 1.96. The van der Waals surface area contributed by atoms with Crippen LogP contribution in [0.1, 0.15) is 25.5 Å². The molecule has 1 N–H and O–H groups in total. The fourth-order valence-corrected chi connectivity index (χ4v) is 3.91. The van der Waals surface area contributed by atoms with Gasteiger partial charge in [-0.2, -0.15) is 0 Å². The number of amides is 1. The number of likely N-dealkylation sites (tertiary alicyclic amines) is 1. The van der Waals surface area contributed by atoms with E-state index in [0.29, 0.717) is 19.1 Å². The molecule has 0 bridgehead atoms. The number of rotatable bonds is 6. The quantitative estimate of drug-likeness (QED) is 0.755. The second-order valence-electron chi connectivity index (χ2n) is 6.25. The van der Waals surface area contributed by atoms with E-state index in [1.54, 1.807) is 11.3 Å². The average molecular weight is 432 g/mol. The van der Waals surface area contributed by atoms with Gasteiger partial charge >= 0.3 is 0 Å². The second kappa shape index (κ2) is 11.5. The Labute approximate surface area is 177 Å². The predicted octanol–water partition coefficient (Wildman–Crippen LogP) is 3.81. The van der Waals surface area contributed by atoms with Gasteiger partial charge in [0.05, 0.1) is 18.7 Å². The number of hydrogen-bond acceptors (Lipinski definition) is 5. The molecule has 0 saturated carbocycles. The number of nitrogens with one attached hydrogen (secondary N) is 1. The van der Waals surface area contributed by atoms with Gasteiger partial charge in [0, 0.05) is 30.1 Å². The van der Waals surface area contributed by atoms with E-state index in [-0.39, 0.29) is 30.7 Å². The molecule has 3 rings (SSSR count). The number of likely N-dealkylation sites (N-methyl/N-ethyl adjacent to an activating group) is 1. The van der Waals surface area contributed by atoms with E-state index in [9.17, 15) is 4.79 Å². The van der Waals surface area contributed by atoms with E-state index in [1.165, 1.54) is 0 Å². The van der Waals surface area contributed by atoms with Gasteiger partial charge in [-0.05, 0) is 51.1 Å². The minimum absolute atomic E-state index is 0. The van der Waals surface area contributed by atoms with E-state index in [2.05, 4.69) is 10.3 Å². The molecular weight excluding hydrogens is 405 g/mol. The molecule has 1 amide bonds. The Morgan fingerprint density at radius 1 is 1.33 bits per heavy atom. The maximum Gasteiger partial charge on any atom is 0.228 e. The molecule has 1 aliphatic heterocycles. The van der Waals surface area contributed by atoms with Crippen LogP contribution in [0.4, 0.5) is 0 Å². The van der Waals surface area contributed by atoms with Crippen molar-refractivity contribution < 1.29 is 9.53 Å². The number of benzene rings is 1. The van der Waals surface area contributed by atoms with Crippen molar-refractivity contribution in [2.24, 2.45) is 0 Å². The Kier molecular flexibility index (Phi) is 10.1. The van der Waals surface area contributed by atoms with Gasteiger partial charge in [0.1, 0.15) is 10.8 Å². The Bertz CT molecular complexity index is 709. The zero-order chi connectivity index (χ0) is 17.6. The lowest BCUT2D eigenvalue weighted by Gasteiger charge is -2.32. The number of piperidine rings is 1. The molecule has 1 aromatic carbocycles. The number of halogens is 2. The van der Waals surface area contributed by atoms with Crippen LogP contribution in [0.2, 0.25) is 0 Å². The lowest BCUT2D eigenvalue weighted by molar-refractivity contribution is -0.131. The zero-order valence-electron chi connectivity index (χ0n) is 15.6. The Hall–Kier alpha value is -1.34. The molecule has 0 spiro atoms. The third-order valence-electron chi connectivity index (χ3n) is 4.48. The summed E-state index contributed by atoms with van der Waals surface area (Å²) in [5.74, 6) is 1.03. The fourth-order valence-electron chi connectivity index (χ4n) is 3.09. The molecule has 2 heterocycles. The van der Waals surface area contributed by atoms with Crippen LogP contribution < -0.4 is 10.1 Å². The first-order valence-electron chi connectivity index (χ1n) is 8.82. The molecule has 1 saturated heterocycles. The van der Waals surface area contributed by atoms with Crippen LogP contribution in [0.3, 0.4) is 0 Å². The standard InChI is InChI=1S/C19H25N3O2S.2ClH/c1-3-24-17-8-6-14(7-9-17)19-21-16(13-25-19)11-18(23)22-10-4-5-15(12-22)20-2;;/h6-9,13,15,20H,3-5,10-12H2,1-2H3;2*1H. The molecule has 150 valence electrons. The molecule has 8 heteroatoms. The van der Waals surface area contributed by atoms with Crippen molar-refractivity contribution in [3.63, 3.8) is 0 Å². The van der Waals surface area contributed by atoms with Crippen molar-refractivity contribution in [3.8, 4) is 16.3 Å². The maximum absolute atomic E-state index is 12.5. The smallest absolute Gasteiger partial charge is 0.228 e. The van der Waals surface area contributed by atoms with Gasteiger partial charge in [0.15, 0.2) is 0 Å². The highest BCUT2D eigenvalue weighted by Crippen LogP contribution is 2.26.